The molecule has 2 aliphatic rings. The van der Waals surface area contributed by atoms with Gasteiger partial charge in [-0.25, -0.2) is 4.98 Å². The Balaban J connectivity index is 1.28. The van der Waals surface area contributed by atoms with Gasteiger partial charge in [0.2, 0.25) is 0 Å². The lowest BCUT2D eigenvalue weighted by atomic mass is 9.97. The number of piperidine rings is 1. The summed E-state index contributed by atoms with van der Waals surface area (Å²) in [5, 5.41) is 0. The van der Waals surface area contributed by atoms with Crippen molar-refractivity contribution < 1.29 is 14.3 Å². The zero-order chi connectivity index (χ0) is 18.9. The Bertz CT molecular complexity index is 793. The van der Waals surface area contributed by atoms with Crippen molar-refractivity contribution in [3.8, 4) is 11.5 Å². The van der Waals surface area contributed by atoms with E-state index in [0.717, 1.165) is 50.2 Å². The lowest BCUT2D eigenvalue weighted by Crippen LogP contribution is -2.41. The van der Waals surface area contributed by atoms with Crippen LogP contribution in [0.5, 0.6) is 11.5 Å². The number of imidazole rings is 1. The number of nitrogens with zero attached hydrogens (tertiary/aromatic N) is 3. The number of para-hydroxylation sites is 1. The molecule has 144 valence electrons. The maximum Gasteiger partial charge on any atom is 0.260 e. The zero-order valence-electron chi connectivity index (χ0n) is 16.1. The number of rotatable bonds is 5. The number of ether oxygens (including phenoxy) is 2. The predicted molar refractivity (Wildman–Crippen MR) is 102 cm³/mol. The summed E-state index contributed by atoms with van der Waals surface area (Å²) in [5.74, 6) is 2.10. The molecule has 2 aliphatic heterocycles. The number of aromatic nitrogens is 2. The average molecular weight is 369 g/mol. The van der Waals surface area contributed by atoms with Gasteiger partial charge < -0.3 is 18.9 Å². The molecular weight excluding hydrogens is 342 g/mol. The molecule has 0 atom stereocenters. The van der Waals surface area contributed by atoms with Crippen LogP contribution in [0, 0.1) is 5.92 Å². The second-order valence-corrected chi connectivity index (χ2v) is 8.16. The van der Waals surface area contributed by atoms with Crippen molar-refractivity contribution in [1.29, 1.82) is 0 Å². The number of likely N-dealkylation sites (tertiary alicyclic amines) is 1. The molecule has 1 saturated heterocycles. The van der Waals surface area contributed by atoms with Gasteiger partial charge in [0.05, 0.1) is 6.33 Å². The average Bonchev–Trinajstić information content (AvgIpc) is 3.26. The van der Waals surface area contributed by atoms with E-state index in [1.54, 1.807) is 6.20 Å². The fourth-order valence-electron chi connectivity index (χ4n) is 3.99. The Morgan fingerprint density at radius 2 is 2.15 bits per heavy atom. The lowest BCUT2D eigenvalue weighted by molar-refractivity contribution is -0.134. The number of hydrogen-bond donors (Lipinski definition) is 0. The van der Waals surface area contributed by atoms with Crippen molar-refractivity contribution in [2.75, 3.05) is 19.7 Å². The molecule has 3 heterocycles. The van der Waals surface area contributed by atoms with E-state index in [4.69, 9.17) is 9.47 Å². The monoisotopic (exact) mass is 369 g/mol. The minimum atomic E-state index is -0.219. The van der Waals surface area contributed by atoms with E-state index in [1.165, 1.54) is 0 Å². The molecule has 6 nitrogen and oxygen atoms in total. The highest BCUT2D eigenvalue weighted by molar-refractivity contribution is 5.78. The third-order valence-electron chi connectivity index (χ3n) is 5.40. The number of carbonyl (C=O) groups is 1. The summed E-state index contributed by atoms with van der Waals surface area (Å²) < 4.78 is 14.0. The van der Waals surface area contributed by atoms with Crippen molar-refractivity contribution >= 4 is 5.91 Å². The quantitative estimate of drug-likeness (QED) is 0.813. The SMILES string of the molecule is CC1(C)Cc2cccc(OCC(=O)N3CCC(Cn4ccnc4)CC3)c2O1. The zero-order valence-corrected chi connectivity index (χ0v) is 16.1. The molecular formula is C21H27N3O3. The Morgan fingerprint density at radius 3 is 2.89 bits per heavy atom. The summed E-state index contributed by atoms with van der Waals surface area (Å²) >= 11 is 0. The van der Waals surface area contributed by atoms with Crippen LogP contribution in [0.1, 0.15) is 32.3 Å². The molecule has 0 N–H and O–H groups in total. The second-order valence-electron chi connectivity index (χ2n) is 8.16. The summed E-state index contributed by atoms with van der Waals surface area (Å²) in [5.41, 5.74) is 0.924. The van der Waals surface area contributed by atoms with Crippen LogP contribution in [0.15, 0.2) is 36.9 Å². The third kappa shape index (κ3) is 4.10. The molecule has 1 fully saturated rings. The molecule has 1 amide bonds. The van der Waals surface area contributed by atoms with E-state index in [1.807, 2.05) is 29.6 Å². The van der Waals surface area contributed by atoms with Gasteiger partial charge in [0.15, 0.2) is 18.1 Å². The van der Waals surface area contributed by atoms with Crippen LogP contribution in [0.2, 0.25) is 0 Å². The van der Waals surface area contributed by atoms with Crippen molar-refractivity contribution in [2.45, 2.75) is 45.3 Å². The topological polar surface area (TPSA) is 56.6 Å². The van der Waals surface area contributed by atoms with Crippen LogP contribution < -0.4 is 9.47 Å². The number of amides is 1. The Labute approximate surface area is 160 Å². The Hall–Kier alpha value is -2.50. The van der Waals surface area contributed by atoms with Crippen LogP contribution in [0.4, 0.5) is 0 Å². The molecule has 2 aromatic rings. The van der Waals surface area contributed by atoms with Crippen molar-refractivity contribution in [2.24, 2.45) is 5.92 Å². The number of hydrogen-bond acceptors (Lipinski definition) is 4. The first-order chi connectivity index (χ1) is 13.0. The molecule has 4 rings (SSSR count). The van der Waals surface area contributed by atoms with Crippen molar-refractivity contribution in [1.82, 2.24) is 14.5 Å². The summed E-state index contributed by atoms with van der Waals surface area (Å²) in [6, 6.07) is 5.90. The summed E-state index contributed by atoms with van der Waals surface area (Å²) in [7, 11) is 0. The van der Waals surface area contributed by atoms with Crippen molar-refractivity contribution in [3.63, 3.8) is 0 Å². The van der Waals surface area contributed by atoms with Crippen molar-refractivity contribution in [3.05, 3.63) is 42.5 Å². The van der Waals surface area contributed by atoms with E-state index < -0.39 is 0 Å². The first-order valence-corrected chi connectivity index (χ1v) is 9.67. The molecule has 27 heavy (non-hydrogen) atoms. The molecule has 0 bridgehead atoms. The van der Waals surface area contributed by atoms with Crippen LogP contribution in [0.25, 0.3) is 0 Å². The largest absolute Gasteiger partial charge is 0.483 e. The highest BCUT2D eigenvalue weighted by atomic mass is 16.5. The van der Waals surface area contributed by atoms with Crippen LogP contribution in [-0.4, -0.2) is 45.7 Å². The summed E-state index contributed by atoms with van der Waals surface area (Å²) in [4.78, 5) is 18.6. The van der Waals surface area contributed by atoms with Crippen LogP contribution in [0.3, 0.4) is 0 Å². The van der Waals surface area contributed by atoms with Crippen LogP contribution >= 0.6 is 0 Å². The molecule has 1 aromatic heterocycles. The summed E-state index contributed by atoms with van der Waals surface area (Å²) in [6.07, 6.45) is 8.54. The number of fused-ring (bicyclic) bond motifs is 1. The molecule has 0 aliphatic carbocycles. The van der Waals surface area contributed by atoms with E-state index in [2.05, 4.69) is 29.5 Å². The minimum absolute atomic E-state index is 0.0472. The van der Waals surface area contributed by atoms with Gasteiger partial charge in [-0.3, -0.25) is 4.79 Å². The van der Waals surface area contributed by atoms with Gasteiger partial charge in [-0.15, -0.1) is 0 Å². The van der Waals surface area contributed by atoms with Crippen LogP contribution in [-0.2, 0) is 17.8 Å². The normalized spacial score (nSPS) is 18.8. The van der Waals surface area contributed by atoms with Gasteiger partial charge in [0.1, 0.15) is 5.60 Å². The van der Waals surface area contributed by atoms with Gasteiger partial charge in [-0.05, 0) is 38.7 Å². The first kappa shape index (κ1) is 17.9. The number of benzene rings is 1. The maximum absolute atomic E-state index is 12.6. The highest BCUT2D eigenvalue weighted by Gasteiger charge is 2.32. The van der Waals surface area contributed by atoms with Gasteiger partial charge in [-0.2, -0.15) is 0 Å². The second kappa shape index (κ2) is 7.25. The van der Waals surface area contributed by atoms with Gasteiger partial charge in [0.25, 0.3) is 5.91 Å². The molecule has 0 spiro atoms. The van der Waals surface area contributed by atoms with E-state index in [0.29, 0.717) is 11.7 Å². The first-order valence-electron chi connectivity index (χ1n) is 9.67. The van der Waals surface area contributed by atoms with E-state index in [-0.39, 0.29) is 18.1 Å². The molecule has 6 heteroatoms. The predicted octanol–water partition coefficient (Wildman–Crippen LogP) is 2.91. The third-order valence-corrected chi connectivity index (χ3v) is 5.40. The molecule has 0 radical (unpaired) electrons. The highest BCUT2D eigenvalue weighted by Crippen LogP contribution is 2.41. The lowest BCUT2D eigenvalue weighted by Gasteiger charge is -2.32. The molecule has 0 saturated carbocycles. The smallest absolute Gasteiger partial charge is 0.260 e. The maximum atomic E-state index is 12.6. The molecule has 1 aromatic carbocycles. The minimum Gasteiger partial charge on any atom is -0.483 e. The Kier molecular flexibility index (Phi) is 4.81. The fourth-order valence-corrected chi connectivity index (χ4v) is 3.99. The standard InChI is InChI=1S/C21H27N3O3/c1-21(2)12-17-4-3-5-18(20(17)27-21)26-14-19(25)24-9-6-16(7-10-24)13-23-11-8-22-15-23/h3-5,8,11,15-16H,6-7,9-10,12-14H2,1-2H3. The van der Waals surface area contributed by atoms with Gasteiger partial charge >= 0.3 is 0 Å². The summed E-state index contributed by atoms with van der Waals surface area (Å²) in [6.45, 7) is 6.75. The Morgan fingerprint density at radius 1 is 1.33 bits per heavy atom. The van der Waals surface area contributed by atoms with Gasteiger partial charge in [0, 0.05) is 44.0 Å². The number of carbonyl (C=O) groups excluding carboxylic acids is 1. The molecule has 0 unspecified atom stereocenters. The van der Waals surface area contributed by atoms with E-state index >= 15 is 0 Å². The fraction of sp³-hybridized carbons (Fsp3) is 0.524. The van der Waals surface area contributed by atoms with Gasteiger partial charge in [-0.1, -0.05) is 12.1 Å². The van der Waals surface area contributed by atoms with E-state index in [9.17, 15) is 4.79 Å².